The van der Waals surface area contributed by atoms with Crippen LogP contribution in [0.25, 0.3) is 9.88 Å². The number of hydrogen-bond acceptors (Lipinski definition) is 7. The molecule has 9 heteroatoms. The van der Waals surface area contributed by atoms with Gasteiger partial charge in [-0.2, -0.15) is 0 Å². The first-order valence-electron chi connectivity index (χ1n) is 9.86. The Balaban J connectivity index is 1.46. The molecule has 0 aliphatic carbocycles. The second-order valence-corrected chi connectivity index (χ2v) is 9.60. The lowest BCUT2D eigenvalue weighted by Crippen LogP contribution is -2.51. The summed E-state index contributed by atoms with van der Waals surface area (Å²) in [5, 5.41) is 3.50. The Kier molecular flexibility index (Phi) is 6.71. The first-order chi connectivity index (χ1) is 15.0. The van der Waals surface area contributed by atoms with Crippen LogP contribution in [0, 0.1) is 6.92 Å². The van der Waals surface area contributed by atoms with Gasteiger partial charge in [-0.25, -0.2) is 9.78 Å². The third-order valence-electron chi connectivity index (χ3n) is 5.30. The molecule has 1 aromatic carbocycles. The molecule has 6 nitrogen and oxygen atoms in total. The van der Waals surface area contributed by atoms with Gasteiger partial charge >= 0.3 is 5.97 Å². The third kappa shape index (κ3) is 4.67. The van der Waals surface area contributed by atoms with Gasteiger partial charge in [0.05, 0.1) is 17.7 Å². The van der Waals surface area contributed by atoms with Gasteiger partial charge in [0.15, 0.2) is 0 Å². The SMILES string of the molecule is COC(=O)C(c1ccc(Cl)cc1)N1CCN(C(=O)c2sc(-c3cccs3)nc2C)CC1. The third-order valence-corrected chi connectivity index (χ3v) is 7.74. The molecule has 0 N–H and O–H groups in total. The van der Waals surface area contributed by atoms with Gasteiger partial charge in [0, 0.05) is 31.2 Å². The molecule has 3 heterocycles. The summed E-state index contributed by atoms with van der Waals surface area (Å²) in [5.41, 5.74) is 1.59. The van der Waals surface area contributed by atoms with Crippen LogP contribution in [0.2, 0.25) is 5.02 Å². The Morgan fingerprint density at radius 2 is 1.84 bits per heavy atom. The Morgan fingerprint density at radius 1 is 1.13 bits per heavy atom. The number of amides is 1. The minimum absolute atomic E-state index is 0.00133. The van der Waals surface area contributed by atoms with Crippen LogP contribution in [0.3, 0.4) is 0 Å². The molecule has 0 bridgehead atoms. The lowest BCUT2D eigenvalue weighted by Gasteiger charge is -2.38. The van der Waals surface area contributed by atoms with E-state index in [4.69, 9.17) is 16.3 Å². The molecule has 0 saturated carbocycles. The number of halogens is 1. The number of carbonyl (C=O) groups excluding carboxylic acids is 2. The highest BCUT2D eigenvalue weighted by atomic mass is 35.5. The van der Waals surface area contributed by atoms with Crippen LogP contribution < -0.4 is 0 Å². The number of esters is 1. The van der Waals surface area contributed by atoms with Gasteiger partial charge in [0.25, 0.3) is 5.91 Å². The summed E-state index contributed by atoms with van der Waals surface area (Å²) >= 11 is 9.05. The molecule has 0 spiro atoms. The monoisotopic (exact) mass is 475 g/mol. The number of hydrogen-bond donors (Lipinski definition) is 0. The maximum absolute atomic E-state index is 13.2. The van der Waals surface area contributed by atoms with E-state index in [2.05, 4.69) is 9.88 Å². The zero-order chi connectivity index (χ0) is 22.0. The normalized spacial score (nSPS) is 15.6. The van der Waals surface area contributed by atoms with E-state index in [9.17, 15) is 9.59 Å². The van der Waals surface area contributed by atoms with Gasteiger partial charge in [-0.1, -0.05) is 29.8 Å². The van der Waals surface area contributed by atoms with Gasteiger partial charge in [-0.3, -0.25) is 9.69 Å². The molecule has 31 heavy (non-hydrogen) atoms. The molecule has 4 rings (SSSR count). The van der Waals surface area contributed by atoms with E-state index in [0.29, 0.717) is 36.1 Å². The number of thiazole rings is 1. The quantitative estimate of drug-likeness (QED) is 0.508. The zero-order valence-corrected chi connectivity index (χ0v) is 19.6. The van der Waals surface area contributed by atoms with E-state index in [1.807, 2.05) is 41.5 Å². The fourth-order valence-electron chi connectivity index (χ4n) is 3.68. The topological polar surface area (TPSA) is 62.7 Å². The number of benzene rings is 1. The summed E-state index contributed by atoms with van der Waals surface area (Å²) in [7, 11) is 1.39. The number of piperazine rings is 1. The van der Waals surface area contributed by atoms with Crippen molar-refractivity contribution in [3.63, 3.8) is 0 Å². The molecular weight excluding hydrogens is 454 g/mol. The smallest absolute Gasteiger partial charge is 0.327 e. The number of nitrogens with zero attached hydrogens (tertiary/aromatic N) is 3. The summed E-state index contributed by atoms with van der Waals surface area (Å²) in [6.45, 7) is 4.09. The van der Waals surface area contributed by atoms with Crippen molar-refractivity contribution in [2.75, 3.05) is 33.3 Å². The van der Waals surface area contributed by atoms with Crippen molar-refractivity contribution in [1.29, 1.82) is 0 Å². The average molecular weight is 476 g/mol. The minimum atomic E-state index is -0.518. The van der Waals surface area contributed by atoms with E-state index in [-0.39, 0.29) is 11.9 Å². The van der Waals surface area contributed by atoms with Crippen LogP contribution in [0.15, 0.2) is 41.8 Å². The number of rotatable bonds is 5. The molecule has 1 aliphatic rings. The highest BCUT2D eigenvalue weighted by molar-refractivity contribution is 7.22. The van der Waals surface area contributed by atoms with E-state index < -0.39 is 6.04 Å². The van der Waals surface area contributed by atoms with Crippen LogP contribution in [0.1, 0.15) is 27.0 Å². The molecule has 1 aliphatic heterocycles. The molecule has 1 unspecified atom stereocenters. The summed E-state index contributed by atoms with van der Waals surface area (Å²) in [5.74, 6) is -0.320. The molecular formula is C22H22ClN3O3S2. The minimum Gasteiger partial charge on any atom is -0.468 e. The van der Waals surface area contributed by atoms with Gasteiger partial charge in [-0.05, 0) is 36.1 Å². The Hall–Kier alpha value is -2.26. The average Bonchev–Trinajstić information content (AvgIpc) is 3.45. The predicted molar refractivity (Wildman–Crippen MR) is 124 cm³/mol. The highest BCUT2D eigenvalue weighted by Gasteiger charge is 2.33. The highest BCUT2D eigenvalue weighted by Crippen LogP contribution is 2.32. The van der Waals surface area contributed by atoms with E-state index >= 15 is 0 Å². The van der Waals surface area contributed by atoms with Crippen molar-refractivity contribution in [1.82, 2.24) is 14.8 Å². The maximum Gasteiger partial charge on any atom is 0.327 e. The van der Waals surface area contributed by atoms with Crippen molar-refractivity contribution >= 4 is 46.2 Å². The summed E-state index contributed by atoms with van der Waals surface area (Å²) in [6.07, 6.45) is 0. The van der Waals surface area contributed by atoms with Gasteiger partial charge in [-0.15, -0.1) is 22.7 Å². The summed E-state index contributed by atoms with van der Waals surface area (Å²) in [6, 6.07) is 10.7. The first kappa shape index (κ1) is 22.0. The number of thiophene rings is 1. The number of methoxy groups -OCH3 is 1. The van der Waals surface area contributed by atoms with Crippen LogP contribution in [0.5, 0.6) is 0 Å². The maximum atomic E-state index is 13.2. The molecule has 1 saturated heterocycles. The molecule has 3 aromatic rings. The summed E-state index contributed by atoms with van der Waals surface area (Å²) < 4.78 is 5.05. The fourth-order valence-corrected chi connectivity index (χ4v) is 5.64. The largest absolute Gasteiger partial charge is 0.468 e. The van der Waals surface area contributed by atoms with E-state index in [0.717, 1.165) is 21.1 Å². The fraction of sp³-hybridized carbons (Fsp3) is 0.318. The molecule has 0 radical (unpaired) electrons. The standard InChI is InChI=1S/C22H22ClN3O3S2/c1-14-19(31-20(24-14)17-4-3-13-30-17)21(27)26-11-9-25(10-12-26)18(22(28)29-2)15-5-7-16(23)8-6-15/h3-8,13,18H,9-12H2,1-2H3. The molecule has 162 valence electrons. The first-order valence-corrected chi connectivity index (χ1v) is 11.9. The number of aryl methyl sites for hydroxylation is 1. The van der Waals surface area contributed by atoms with Crippen molar-refractivity contribution in [3.05, 3.63) is 62.9 Å². The number of carbonyl (C=O) groups is 2. The van der Waals surface area contributed by atoms with E-state index in [1.54, 1.807) is 23.5 Å². The van der Waals surface area contributed by atoms with Gasteiger partial charge < -0.3 is 9.64 Å². The van der Waals surface area contributed by atoms with Crippen LogP contribution >= 0.6 is 34.3 Å². The van der Waals surface area contributed by atoms with E-state index in [1.165, 1.54) is 18.4 Å². The predicted octanol–water partition coefficient (Wildman–Crippen LogP) is 4.51. The Bertz CT molecular complexity index is 1060. The molecule has 1 amide bonds. The molecule has 1 atom stereocenters. The van der Waals surface area contributed by atoms with Crippen LogP contribution in [0.4, 0.5) is 0 Å². The number of aromatic nitrogens is 1. The second-order valence-electron chi connectivity index (χ2n) is 7.22. The molecule has 2 aromatic heterocycles. The molecule has 1 fully saturated rings. The van der Waals surface area contributed by atoms with Gasteiger partial charge in [0.1, 0.15) is 15.9 Å². The van der Waals surface area contributed by atoms with Crippen LogP contribution in [-0.4, -0.2) is 59.9 Å². The second kappa shape index (κ2) is 9.48. The Labute approximate surface area is 194 Å². The zero-order valence-electron chi connectivity index (χ0n) is 17.2. The van der Waals surface area contributed by atoms with Gasteiger partial charge in [0.2, 0.25) is 0 Å². The van der Waals surface area contributed by atoms with Crippen molar-refractivity contribution in [2.45, 2.75) is 13.0 Å². The van der Waals surface area contributed by atoms with Crippen LogP contribution in [-0.2, 0) is 9.53 Å². The van der Waals surface area contributed by atoms with Crippen molar-refractivity contribution < 1.29 is 14.3 Å². The lowest BCUT2D eigenvalue weighted by molar-refractivity contribution is -0.148. The van der Waals surface area contributed by atoms with Crippen molar-refractivity contribution in [2.24, 2.45) is 0 Å². The van der Waals surface area contributed by atoms with Crippen molar-refractivity contribution in [3.8, 4) is 9.88 Å². The Morgan fingerprint density at radius 3 is 2.45 bits per heavy atom. The number of ether oxygens (including phenoxy) is 1. The lowest BCUT2D eigenvalue weighted by atomic mass is 10.0. The summed E-state index contributed by atoms with van der Waals surface area (Å²) in [4.78, 5) is 35.9.